The van der Waals surface area contributed by atoms with Crippen LogP contribution in [0.5, 0.6) is 0 Å². The Balaban J connectivity index is -0.000000435. The monoisotopic (exact) mass is 1610 g/mol. The maximum absolute atomic E-state index is 10.4. The molecule has 0 rings (SSSR count). The van der Waals surface area contributed by atoms with Gasteiger partial charge in [0.15, 0.2) is 0 Å². The third kappa shape index (κ3) is 140. The molecule has 0 aromatic rings. The van der Waals surface area contributed by atoms with E-state index < -0.39 is 5.97 Å². The number of hydrogen-bond acceptors (Lipinski definition) is 1. The highest BCUT2D eigenvalue weighted by molar-refractivity contribution is 5.66. The number of unbranched alkanes of at least 4 members (excludes halogenated alkanes) is 96. The molecule has 0 amide bonds. The van der Waals surface area contributed by atoms with Crippen LogP contribution in [0.25, 0.3) is 0 Å². The number of hydrogen-bond donors (Lipinski definition) is 1. The second-order valence-corrected chi connectivity index (χ2v) is 37.7. The third-order valence-corrected chi connectivity index (χ3v) is 25.3. The van der Waals surface area contributed by atoms with Gasteiger partial charge in [0, 0.05) is 6.42 Å². The summed E-state index contributed by atoms with van der Waals surface area (Å²) in [5, 5.41) is 8.57. The van der Waals surface area contributed by atoms with Crippen LogP contribution in [-0.2, 0) is 4.79 Å². The highest BCUT2D eigenvalue weighted by atomic mass is 16.4. The molecule has 0 radical (unpaired) electrons. The van der Waals surface area contributed by atoms with E-state index in [1.165, 1.54) is 636 Å². The molecule has 0 fully saturated rings. The van der Waals surface area contributed by atoms with Gasteiger partial charge < -0.3 is 5.11 Å². The summed E-state index contributed by atoms with van der Waals surface area (Å²) in [6.45, 7) is 20.7. The normalized spacial score (nSPS) is 11.2. The summed E-state index contributed by atoms with van der Waals surface area (Å²) in [6, 6.07) is 0. The van der Waals surface area contributed by atoms with Gasteiger partial charge in [0.1, 0.15) is 0 Å². The number of carboxylic acid groups (broad SMARTS) is 1. The molecule has 0 bridgehead atoms. The van der Waals surface area contributed by atoms with Crippen LogP contribution < -0.4 is 0 Å². The molecular formula is C112H232O2. The van der Waals surface area contributed by atoms with Crippen molar-refractivity contribution in [1.82, 2.24) is 0 Å². The maximum Gasteiger partial charge on any atom is 0.303 e. The van der Waals surface area contributed by atoms with Gasteiger partial charge in [-0.1, -0.05) is 704 Å². The van der Waals surface area contributed by atoms with E-state index in [1.54, 1.807) is 0 Å². The molecule has 0 unspecified atom stereocenters. The van der Waals surface area contributed by atoms with Crippen LogP contribution >= 0.6 is 0 Å². The Morgan fingerprint density at radius 2 is 0.158 bits per heavy atom. The molecular weight excluding hydrogens is 1380 g/mol. The minimum absolute atomic E-state index is 0.346. The van der Waals surface area contributed by atoms with Crippen LogP contribution in [0, 0.1) is 0 Å². The second-order valence-electron chi connectivity index (χ2n) is 37.7. The Kier molecular flexibility index (Phi) is 137. The average molecular weight is 1610 g/mol. The molecule has 0 aliphatic heterocycles. The highest BCUT2D eigenvalue weighted by Crippen LogP contribution is 2.22. The number of rotatable bonds is 98. The Bertz CT molecular complexity index is 1230. The van der Waals surface area contributed by atoms with Crippen LogP contribution in [0.4, 0.5) is 0 Å². The zero-order valence-electron chi connectivity index (χ0n) is 82.5. The van der Waals surface area contributed by atoms with Crippen LogP contribution in [0.1, 0.15) is 717 Å². The fourth-order valence-corrected chi connectivity index (χ4v) is 17.0. The smallest absolute Gasteiger partial charge is 0.303 e. The Morgan fingerprint density at radius 3 is 0.211 bits per heavy atom. The summed E-state index contributed by atoms with van der Waals surface area (Å²) in [7, 11) is 0. The van der Waals surface area contributed by atoms with Crippen molar-refractivity contribution in [2.24, 2.45) is 0 Å². The molecule has 0 spiro atoms. The van der Waals surface area contributed by atoms with Gasteiger partial charge in [-0.15, -0.1) is 0 Å². The predicted molar refractivity (Wildman–Crippen MR) is 530 cm³/mol. The molecule has 692 valence electrons. The van der Waals surface area contributed by atoms with Gasteiger partial charge in [-0.3, -0.25) is 4.79 Å². The SMILES string of the molecule is CCCCCCCCCCCCCCCCCCCCCC.CCCCCCCCCCCCCCCCCCCCCC.CCCCCCCCCCCCCCCCCCCCCC.CCCCCCCCCCCCCCCCCCCCCC.CCCCCCCCCCCCCCCCCCCCCCCC(=O)O. The Morgan fingerprint density at radius 1 is 0.105 bits per heavy atom. The summed E-state index contributed by atoms with van der Waals surface area (Å²) in [4.78, 5) is 10.4. The third-order valence-electron chi connectivity index (χ3n) is 25.3. The number of aliphatic carboxylic acids is 1. The lowest BCUT2D eigenvalue weighted by molar-refractivity contribution is -0.137. The summed E-state index contributed by atoms with van der Waals surface area (Å²) in [5.41, 5.74) is 0. The lowest BCUT2D eigenvalue weighted by atomic mass is 10.0. The first kappa shape index (κ1) is 122. The molecule has 0 saturated heterocycles. The summed E-state index contributed by atoms with van der Waals surface area (Å²) in [6.07, 6.45) is 147. The zero-order chi connectivity index (χ0) is 83.7. The first-order chi connectivity index (χ1) is 56.4. The largest absolute Gasteiger partial charge is 0.481 e. The standard InChI is InChI=1S/C24H48O2.4C22H46/c1-2-3-4-5-6-7-8-9-10-11-12-13-14-15-16-17-18-19-20-21-22-23-24(25)26;4*1-3-5-7-9-11-13-15-17-19-21-22-20-18-16-14-12-10-8-6-4-2/h2-23H2,1H3,(H,25,26);4*3-22H2,1-2H3. The fraction of sp³-hybridized carbons (Fsp3) is 0.991. The predicted octanol–water partition coefficient (Wildman–Crippen LogP) is 44.0. The Labute approximate surface area is 728 Å². The van der Waals surface area contributed by atoms with Gasteiger partial charge in [-0.05, 0) is 6.42 Å². The number of carbonyl (C=O) groups is 1. The van der Waals surface area contributed by atoms with E-state index in [-0.39, 0.29) is 0 Å². The van der Waals surface area contributed by atoms with Crippen LogP contribution in [-0.4, -0.2) is 11.1 Å². The van der Waals surface area contributed by atoms with Gasteiger partial charge in [0.2, 0.25) is 0 Å². The molecule has 2 nitrogen and oxygen atoms in total. The van der Waals surface area contributed by atoms with Crippen LogP contribution in [0.2, 0.25) is 0 Å². The molecule has 0 heterocycles. The topological polar surface area (TPSA) is 37.3 Å². The molecule has 0 saturated carbocycles. The lowest BCUT2D eigenvalue weighted by Gasteiger charge is -2.04. The molecule has 0 atom stereocenters. The van der Waals surface area contributed by atoms with Gasteiger partial charge >= 0.3 is 5.97 Å². The minimum Gasteiger partial charge on any atom is -0.481 e. The van der Waals surface area contributed by atoms with Gasteiger partial charge in [0.05, 0.1) is 0 Å². The maximum atomic E-state index is 10.4. The molecule has 0 aliphatic carbocycles. The molecule has 1 N–H and O–H groups in total. The molecule has 0 aromatic carbocycles. The van der Waals surface area contributed by atoms with Crippen molar-refractivity contribution in [2.75, 3.05) is 0 Å². The minimum atomic E-state index is -0.650. The van der Waals surface area contributed by atoms with E-state index in [4.69, 9.17) is 5.11 Å². The first-order valence-electron chi connectivity index (χ1n) is 55.6. The van der Waals surface area contributed by atoms with E-state index in [9.17, 15) is 4.79 Å². The van der Waals surface area contributed by atoms with E-state index >= 15 is 0 Å². The molecule has 0 aliphatic rings. The quantitative estimate of drug-likeness (QED) is 0.0616. The van der Waals surface area contributed by atoms with Gasteiger partial charge in [-0.2, -0.15) is 0 Å². The van der Waals surface area contributed by atoms with Gasteiger partial charge in [-0.25, -0.2) is 0 Å². The van der Waals surface area contributed by atoms with E-state index in [1.807, 2.05) is 0 Å². The average Bonchev–Trinajstić information content (AvgIpc) is 3.91. The molecule has 114 heavy (non-hydrogen) atoms. The van der Waals surface area contributed by atoms with Crippen LogP contribution in [0.3, 0.4) is 0 Å². The summed E-state index contributed by atoms with van der Waals surface area (Å²) >= 11 is 0. The zero-order valence-corrected chi connectivity index (χ0v) is 82.5. The second kappa shape index (κ2) is 128. The lowest BCUT2D eigenvalue weighted by Crippen LogP contribution is -1.93. The Hall–Kier alpha value is -0.530. The van der Waals surface area contributed by atoms with Crippen molar-refractivity contribution < 1.29 is 9.90 Å². The van der Waals surface area contributed by atoms with Crippen molar-refractivity contribution in [1.29, 1.82) is 0 Å². The summed E-state index contributed by atoms with van der Waals surface area (Å²) in [5.74, 6) is -0.650. The highest BCUT2D eigenvalue weighted by Gasteiger charge is 2.03. The van der Waals surface area contributed by atoms with Crippen molar-refractivity contribution in [3.8, 4) is 0 Å². The van der Waals surface area contributed by atoms with Crippen molar-refractivity contribution in [2.45, 2.75) is 717 Å². The molecule has 2 heteroatoms. The van der Waals surface area contributed by atoms with Crippen molar-refractivity contribution >= 4 is 5.97 Å². The van der Waals surface area contributed by atoms with Crippen molar-refractivity contribution in [3.05, 3.63) is 0 Å². The van der Waals surface area contributed by atoms with E-state index in [0.29, 0.717) is 6.42 Å². The van der Waals surface area contributed by atoms with Crippen molar-refractivity contribution in [3.63, 3.8) is 0 Å². The molecule has 0 aromatic heterocycles. The fourth-order valence-electron chi connectivity index (χ4n) is 17.0. The summed E-state index contributed by atoms with van der Waals surface area (Å²) < 4.78 is 0. The first-order valence-corrected chi connectivity index (χ1v) is 55.6. The van der Waals surface area contributed by atoms with Crippen LogP contribution in [0.15, 0.2) is 0 Å². The van der Waals surface area contributed by atoms with E-state index in [2.05, 4.69) is 62.3 Å². The van der Waals surface area contributed by atoms with E-state index in [0.717, 1.165) is 12.8 Å². The number of carboxylic acids is 1. The van der Waals surface area contributed by atoms with Gasteiger partial charge in [0.25, 0.3) is 0 Å².